The van der Waals surface area contributed by atoms with Crippen LogP contribution in [0.4, 0.5) is 4.79 Å². The summed E-state index contributed by atoms with van der Waals surface area (Å²) >= 11 is 0. The van der Waals surface area contributed by atoms with Crippen molar-refractivity contribution in [2.45, 2.75) is 104 Å². The lowest BCUT2D eigenvalue weighted by Gasteiger charge is -2.38. The zero-order valence-corrected chi connectivity index (χ0v) is 26.9. The topological polar surface area (TPSA) is 157 Å². The maximum absolute atomic E-state index is 14.2. The lowest BCUT2D eigenvalue weighted by atomic mass is 9.83. The van der Waals surface area contributed by atoms with Gasteiger partial charge in [0, 0.05) is 32.6 Å². The summed E-state index contributed by atoms with van der Waals surface area (Å²) in [5, 5.41) is 11.0. The Morgan fingerprint density at radius 1 is 1.00 bits per heavy atom. The lowest BCUT2D eigenvalue weighted by Crippen LogP contribution is -2.60. The second-order valence-corrected chi connectivity index (χ2v) is 13.7. The zero-order valence-electron chi connectivity index (χ0n) is 26.9. The molecule has 0 unspecified atom stereocenters. The number of carbonyl (C=O) groups excluding carboxylic acids is 6. The van der Waals surface area contributed by atoms with Crippen LogP contribution in [-0.2, 0) is 24.0 Å². The van der Waals surface area contributed by atoms with Gasteiger partial charge >= 0.3 is 6.03 Å². The molecule has 246 valence electrons. The quantitative estimate of drug-likeness (QED) is 0.194. The van der Waals surface area contributed by atoms with Crippen molar-refractivity contribution in [1.29, 1.82) is 0 Å². The predicted octanol–water partition coefficient (Wildman–Crippen LogP) is 1.89. The standard InChI is InChI=1S/C32H52N6O6/c1-6-15-33-29(42)24(39)18-34-28(41)23-17-21(2)19-38(23)30(43)27(22-12-8-7-9-13-22)36-31(44)35-25(32(3,4)5)20-37-16-11-10-14-26(37)40/h6,21-23,25,27H,1,7-20H2,2-5H3,(H,33,42)(H,34,41)(H2,35,36,44)/t21-,23+,25-,27+/m1/s1. The molecule has 0 spiro atoms. The number of likely N-dealkylation sites (tertiary alicyclic amines) is 2. The number of ketones is 1. The molecule has 12 heteroatoms. The molecule has 4 atom stereocenters. The van der Waals surface area contributed by atoms with Crippen LogP contribution in [-0.4, -0.2) is 96.1 Å². The van der Waals surface area contributed by atoms with Crippen molar-refractivity contribution in [3.8, 4) is 0 Å². The van der Waals surface area contributed by atoms with Crippen LogP contribution in [0.15, 0.2) is 12.7 Å². The minimum absolute atomic E-state index is 0.0366. The van der Waals surface area contributed by atoms with Crippen LogP contribution in [0.5, 0.6) is 0 Å². The van der Waals surface area contributed by atoms with Gasteiger partial charge in [0.05, 0.1) is 12.6 Å². The minimum Gasteiger partial charge on any atom is -0.347 e. The first kappa shape index (κ1) is 35.0. The molecule has 0 radical (unpaired) electrons. The molecule has 6 amide bonds. The van der Waals surface area contributed by atoms with Gasteiger partial charge in [-0.1, -0.05) is 53.0 Å². The molecule has 0 aromatic carbocycles. The normalized spacial score (nSPS) is 22.5. The van der Waals surface area contributed by atoms with Crippen molar-refractivity contribution in [2.75, 3.05) is 32.7 Å². The third-order valence-electron chi connectivity index (χ3n) is 9.03. The second-order valence-electron chi connectivity index (χ2n) is 13.7. The van der Waals surface area contributed by atoms with Crippen LogP contribution in [0.25, 0.3) is 0 Å². The van der Waals surface area contributed by atoms with Crippen LogP contribution >= 0.6 is 0 Å². The van der Waals surface area contributed by atoms with E-state index in [0.29, 0.717) is 32.5 Å². The van der Waals surface area contributed by atoms with Gasteiger partial charge in [0.15, 0.2) is 0 Å². The molecule has 0 aromatic rings. The number of piperidine rings is 1. The summed E-state index contributed by atoms with van der Waals surface area (Å²) < 4.78 is 0. The van der Waals surface area contributed by atoms with Gasteiger partial charge in [-0.2, -0.15) is 0 Å². The number of hydrogen-bond donors (Lipinski definition) is 4. The van der Waals surface area contributed by atoms with E-state index in [4.69, 9.17) is 0 Å². The Balaban J connectivity index is 1.72. The Kier molecular flexibility index (Phi) is 12.8. The van der Waals surface area contributed by atoms with Crippen LogP contribution < -0.4 is 21.3 Å². The molecule has 0 bridgehead atoms. The van der Waals surface area contributed by atoms with E-state index in [1.165, 1.54) is 11.0 Å². The summed E-state index contributed by atoms with van der Waals surface area (Å²) in [7, 11) is 0. The molecule has 2 saturated heterocycles. The summed E-state index contributed by atoms with van der Waals surface area (Å²) in [5.41, 5.74) is -0.340. The molecule has 44 heavy (non-hydrogen) atoms. The highest BCUT2D eigenvalue weighted by molar-refractivity contribution is 6.37. The fraction of sp³-hybridized carbons (Fsp3) is 0.750. The first-order valence-corrected chi connectivity index (χ1v) is 16.2. The number of urea groups is 1. The Morgan fingerprint density at radius 2 is 1.70 bits per heavy atom. The van der Waals surface area contributed by atoms with Gasteiger partial charge in [0.2, 0.25) is 23.5 Å². The third-order valence-corrected chi connectivity index (χ3v) is 9.03. The number of carbonyl (C=O) groups is 6. The van der Waals surface area contributed by atoms with Gasteiger partial charge in [-0.05, 0) is 49.4 Å². The molecule has 1 saturated carbocycles. The minimum atomic E-state index is -0.820. The fourth-order valence-electron chi connectivity index (χ4n) is 6.35. The molecule has 0 aromatic heterocycles. The van der Waals surface area contributed by atoms with E-state index in [0.717, 1.165) is 44.9 Å². The Morgan fingerprint density at radius 3 is 2.34 bits per heavy atom. The average Bonchev–Trinajstić information content (AvgIpc) is 3.39. The molecule has 12 nitrogen and oxygen atoms in total. The van der Waals surface area contributed by atoms with E-state index >= 15 is 0 Å². The molecule has 3 fully saturated rings. The molecule has 2 heterocycles. The van der Waals surface area contributed by atoms with Gasteiger partial charge < -0.3 is 31.1 Å². The number of Topliss-reactive ketones (excluding diaryl/α,β-unsaturated/α-hetero) is 1. The summed E-state index contributed by atoms with van der Waals surface area (Å²) in [6.07, 6.45) is 8.74. The van der Waals surface area contributed by atoms with E-state index in [1.807, 2.05) is 32.6 Å². The van der Waals surface area contributed by atoms with Gasteiger partial charge in [0.25, 0.3) is 5.91 Å². The van der Waals surface area contributed by atoms with E-state index < -0.39 is 42.3 Å². The number of amides is 6. The Hall–Kier alpha value is -3.44. The number of hydrogen-bond acceptors (Lipinski definition) is 6. The van der Waals surface area contributed by atoms with Crippen LogP contribution in [0, 0.1) is 17.3 Å². The maximum Gasteiger partial charge on any atom is 0.315 e. The maximum atomic E-state index is 14.2. The SMILES string of the molecule is C=CCNC(=O)C(=O)CNC(=O)[C@@H]1C[C@@H](C)CN1C(=O)[C@@H](NC(=O)N[C@H](CN1CCCCC1=O)C(C)(C)C)C1CCCCC1. The van der Waals surface area contributed by atoms with Crippen molar-refractivity contribution in [2.24, 2.45) is 17.3 Å². The lowest BCUT2D eigenvalue weighted by molar-refractivity contribution is -0.142. The Labute approximate surface area is 261 Å². The van der Waals surface area contributed by atoms with Crippen molar-refractivity contribution >= 4 is 35.4 Å². The highest BCUT2D eigenvalue weighted by atomic mass is 16.2. The summed E-state index contributed by atoms with van der Waals surface area (Å²) in [4.78, 5) is 80.8. The number of nitrogens with one attached hydrogen (secondary N) is 4. The molecule has 2 aliphatic heterocycles. The smallest absolute Gasteiger partial charge is 0.315 e. The zero-order chi connectivity index (χ0) is 32.4. The van der Waals surface area contributed by atoms with Crippen molar-refractivity contribution in [1.82, 2.24) is 31.1 Å². The molecule has 1 aliphatic carbocycles. The van der Waals surface area contributed by atoms with Gasteiger partial charge in [-0.25, -0.2) is 4.79 Å². The van der Waals surface area contributed by atoms with E-state index in [1.54, 1.807) is 0 Å². The summed E-state index contributed by atoms with van der Waals surface area (Å²) in [6.45, 7) is 12.5. The first-order chi connectivity index (χ1) is 20.8. The predicted molar refractivity (Wildman–Crippen MR) is 166 cm³/mol. The molecule has 3 aliphatic rings. The molecule has 4 N–H and O–H groups in total. The molecular formula is C32H52N6O6. The number of nitrogens with zero attached hydrogens (tertiary/aromatic N) is 2. The summed E-state index contributed by atoms with van der Waals surface area (Å²) in [6, 6.07) is -2.44. The highest BCUT2D eigenvalue weighted by Crippen LogP contribution is 2.31. The van der Waals surface area contributed by atoms with E-state index in [9.17, 15) is 28.8 Å². The van der Waals surface area contributed by atoms with Crippen molar-refractivity contribution in [3.63, 3.8) is 0 Å². The van der Waals surface area contributed by atoms with Crippen LogP contribution in [0.2, 0.25) is 0 Å². The van der Waals surface area contributed by atoms with Crippen LogP contribution in [0.1, 0.15) is 85.5 Å². The highest BCUT2D eigenvalue weighted by Gasteiger charge is 2.43. The van der Waals surface area contributed by atoms with Gasteiger partial charge in [0.1, 0.15) is 12.1 Å². The second kappa shape index (κ2) is 16.0. The summed E-state index contributed by atoms with van der Waals surface area (Å²) in [5.74, 6) is -2.37. The Bertz CT molecular complexity index is 1080. The first-order valence-electron chi connectivity index (χ1n) is 16.2. The van der Waals surface area contributed by atoms with Crippen molar-refractivity contribution < 1.29 is 28.8 Å². The largest absolute Gasteiger partial charge is 0.347 e. The third kappa shape index (κ3) is 9.79. The van der Waals surface area contributed by atoms with Crippen LogP contribution in [0.3, 0.4) is 0 Å². The van der Waals surface area contributed by atoms with Gasteiger partial charge in [-0.15, -0.1) is 6.58 Å². The monoisotopic (exact) mass is 616 g/mol. The van der Waals surface area contributed by atoms with Gasteiger partial charge in [-0.3, -0.25) is 24.0 Å². The molecule has 3 rings (SSSR count). The van der Waals surface area contributed by atoms with E-state index in [2.05, 4.69) is 27.8 Å². The van der Waals surface area contributed by atoms with E-state index in [-0.39, 0.29) is 41.7 Å². The molecular weight excluding hydrogens is 564 g/mol. The number of rotatable bonds is 12. The average molecular weight is 617 g/mol. The van der Waals surface area contributed by atoms with Crippen molar-refractivity contribution in [3.05, 3.63) is 12.7 Å². The fourth-order valence-corrected chi connectivity index (χ4v) is 6.35.